The highest BCUT2D eigenvalue weighted by Crippen LogP contribution is 2.27. The molecule has 7 nitrogen and oxygen atoms in total. The molecule has 2 N–H and O–H groups in total. The lowest BCUT2D eigenvalue weighted by atomic mass is 10.0. The quantitative estimate of drug-likeness (QED) is 0.499. The Hall–Kier alpha value is -3.66. The second-order valence-corrected chi connectivity index (χ2v) is 4.84. The molecule has 0 saturated carbocycles. The van der Waals surface area contributed by atoms with Crippen molar-refractivity contribution in [1.29, 1.82) is 0 Å². The summed E-state index contributed by atoms with van der Waals surface area (Å²) in [5, 5.41) is 4.73. The number of carbonyl (C=O) groups is 3. The summed E-state index contributed by atoms with van der Waals surface area (Å²) in [6.45, 7) is 0.0963. The summed E-state index contributed by atoms with van der Waals surface area (Å²) in [7, 11) is 0. The molecule has 118 valence electrons. The summed E-state index contributed by atoms with van der Waals surface area (Å²) < 4.78 is 5.45. The number of nitrogens with zero attached hydrogens (tertiary/aromatic N) is 1. The van der Waals surface area contributed by atoms with Crippen LogP contribution in [0.4, 0.5) is 4.79 Å². The van der Waals surface area contributed by atoms with Crippen molar-refractivity contribution in [2.45, 2.75) is 0 Å². The highest BCUT2D eigenvalue weighted by molar-refractivity contribution is 6.31. The van der Waals surface area contributed by atoms with Crippen molar-refractivity contribution in [3.05, 3.63) is 41.6 Å². The monoisotopic (exact) mass is 321 g/mol. The fraction of sp³-hybridized carbons (Fsp3) is 0.0588. The number of barbiturate groups is 1. The molecule has 0 spiro atoms. The van der Waals surface area contributed by atoms with E-state index in [-0.39, 0.29) is 12.2 Å². The van der Waals surface area contributed by atoms with Gasteiger partial charge in [0.15, 0.2) is 0 Å². The van der Waals surface area contributed by atoms with E-state index in [9.17, 15) is 14.4 Å². The molecule has 0 atom stereocenters. The lowest BCUT2D eigenvalue weighted by Gasteiger charge is -2.14. The van der Waals surface area contributed by atoms with Crippen molar-refractivity contribution < 1.29 is 19.1 Å². The number of fused-ring (bicyclic) bond motifs is 1. The van der Waals surface area contributed by atoms with Gasteiger partial charge in [-0.1, -0.05) is 18.1 Å². The first kappa shape index (κ1) is 15.2. The maximum atomic E-state index is 11.8. The summed E-state index contributed by atoms with van der Waals surface area (Å²) >= 11 is 0. The predicted octanol–water partition coefficient (Wildman–Crippen LogP) is 0.996. The van der Waals surface area contributed by atoms with Gasteiger partial charge in [0.2, 0.25) is 0 Å². The van der Waals surface area contributed by atoms with Crippen LogP contribution in [0.5, 0.6) is 5.75 Å². The van der Waals surface area contributed by atoms with Gasteiger partial charge in [-0.2, -0.15) is 0 Å². The Morgan fingerprint density at radius 3 is 2.62 bits per heavy atom. The minimum Gasteiger partial charge on any atom is -0.479 e. The highest BCUT2D eigenvalue weighted by atomic mass is 16.5. The molecule has 2 aromatic rings. The molecule has 0 bridgehead atoms. The Balaban J connectivity index is 2.09. The number of urea groups is 1. The molecule has 1 aliphatic rings. The van der Waals surface area contributed by atoms with Crippen LogP contribution in [0.25, 0.3) is 17.0 Å². The number of hydrogen-bond acceptors (Lipinski definition) is 5. The maximum absolute atomic E-state index is 11.8. The summed E-state index contributed by atoms with van der Waals surface area (Å²) in [5.41, 5.74) is 0.965. The first-order valence-electron chi connectivity index (χ1n) is 6.92. The zero-order valence-corrected chi connectivity index (χ0v) is 12.3. The summed E-state index contributed by atoms with van der Waals surface area (Å²) in [6.07, 6.45) is 8.12. The average molecular weight is 321 g/mol. The van der Waals surface area contributed by atoms with Crippen LogP contribution in [-0.2, 0) is 9.59 Å². The number of imide groups is 2. The number of carbonyl (C=O) groups excluding carboxylic acids is 3. The molecular weight excluding hydrogens is 310 g/mol. The van der Waals surface area contributed by atoms with Crippen LogP contribution < -0.4 is 15.4 Å². The SMILES string of the molecule is C#CCOc1cccc2c(C=C3C(=O)NC(=O)NC3=O)ccnc12. The summed E-state index contributed by atoms with van der Waals surface area (Å²) in [5.74, 6) is 1.36. The van der Waals surface area contributed by atoms with Gasteiger partial charge in [-0.15, -0.1) is 6.42 Å². The third-order valence-corrected chi connectivity index (χ3v) is 3.32. The molecule has 1 fully saturated rings. The van der Waals surface area contributed by atoms with E-state index in [0.717, 1.165) is 0 Å². The Morgan fingerprint density at radius 1 is 1.17 bits per heavy atom. The first-order chi connectivity index (χ1) is 11.6. The molecule has 0 aliphatic carbocycles. The predicted molar refractivity (Wildman–Crippen MR) is 85.7 cm³/mol. The van der Waals surface area contributed by atoms with Crippen molar-refractivity contribution in [1.82, 2.24) is 15.6 Å². The van der Waals surface area contributed by atoms with Crippen molar-refractivity contribution in [2.24, 2.45) is 0 Å². The minimum atomic E-state index is -0.841. The second-order valence-electron chi connectivity index (χ2n) is 4.84. The molecule has 2 heterocycles. The van der Waals surface area contributed by atoms with Gasteiger partial charge in [-0.25, -0.2) is 4.79 Å². The number of hydrogen-bond donors (Lipinski definition) is 2. The van der Waals surface area contributed by atoms with E-state index in [2.05, 4.69) is 10.9 Å². The molecule has 1 saturated heterocycles. The third kappa shape index (κ3) is 2.80. The zero-order chi connectivity index (χ0) is 17.1. The number of amides is 4. The lowest BCUT2D eigenvalue weighted by Crippen LogP contribution is -2.51. The van der Waals surface area contributed by atoms with Crippen molar-refractivity contribution in [3.8, 4) is 18.1 Å². The van der Waals surface area contributed by atoms with Gasteiger partial charge in [0.05, 0.1) is 0 Å². The number of rotatable bonds is 3. The Kier molecular flexibility index (Phi) is 3.95. The van der Waals surface area contributed by atoms with Crippen LogP contribution in [0.1, 0.15) is 5.56 Å². The normalized spacial score (nSPS) is 14.0. The number of benzene rings is 1. The van der Waals surface area contributed by atoms with Crippen LogP contribution in [0, 0.1) is 12.3 Å². The highest BCUT2D eigenvalue weighted by Gasteiger charge is 2.27. The van der Waals surface area contributed by atoms with Gasteiger partial charge in [-0.3, -0.25) is 25.2 Å². The smallest absolute Gasteiger partial charge is 0.328 e. The fourth-order valence-electron chi connectivity index (χ4n) is 2.29. The van der Waals surface area contributed by atoms with Crippen LogP contribution in [0.15, 0.2) is 36.0 Å². The van der Waals surface area contributed by atoms with E-state index in [1.54, 1.807) is 24.3 Å². The Bertz CT molecular complexity index is 918. The second kappa shape index (κ2) is 6.22. The van der Waals surface area contributed by atoms with Gasteiger partial charge in [0.1, 0.15) is 23.4 Å². The maximum Gasteiger partial charge on any atom is 0.328 e. The van der Waals surface area contributed by atoms with E-state index < -0.39 is 17.8 Å². The topological polar surface area (TPSA) is 97.4 Å². The van der Waals surface area contributed by atoms with E-state index in [4.69, 9.17) is 11.2 Å². The van der Waals surface area contributed by atoms with Crippen molar-refractivity contribution in [3.63, 3.8) is 0 Å². The lowest BCUT2D eigenvalue weighted by molar-refractivity contribution is -0.123. The van der Waals surface area contributed by atoms with Crippen molar-refractivity contribution >= 4 is 34.8 Å². The minimum absolute atomic E-state index is 0.0963. The van der Waals surface area contributed by atoms with Gasteiger partial charge < -0.3 is 4.74 Å². The van der Waals surface area contributed by atoms with Gasteiger partial charge in [-0.05, 0) is 23.8 Å². The third-order valence-electron chi connectivity index (χ3n) is 3.32. The van der Waals surface area contributed by atoms with Gasteiger partial charge in [0, 0.05) is 11.6 Å². The average Bonchev–Trinajstić information content (AvgIpc) is 2.56. The molecule has 4 amide bonds. The number of pyridine rings is 1. The van der Waals surface area contributed by atoms with E-state index >= 15 is 0 Å². The summed E-state index contributed by atoms with van der Waals surface area (Å²) in [4.78, 5) is 39.0. The largest absolute Gasteiger partial charge is 0.479 e. The fourth-order valence-corrected chi connectivity index (χ4v) is 2.29. The number of nitrogens with one attached hydrogen (secondary N) is 2. The van der Waals surface area contributed by atoms with Gasteiger partial charge >= 0.3 is 6.03 Å². The summed E-state index contributed by atoms with van der Waals surface area (Å²) in [6, 6.07) is 6.06. The first-order valence-corrected chi connectivity index (χ1v) is 6.92. The Morgan fingerprint density at radius 2 is 1.92 bits per heavy atom. The van der Waals surface area contributed by atoms with E-state index in [1.165, 1.54) is 12.3 Å². The van der Waals surface area contributed by atoms with Crippen LogP contribution in [-0.4, -0.2) is 29.4 Å². The molecule has 7 heteroatoms. The van der Waals surface area contributed by atoms with E-state index in [0.29, 0.717) is 22.2 Å². The number of aromatic nitrogens is 1. The van der Waals surface area contributed by atoms with E-state index in [1.807, 2.05) is 10.6 Å². The van der Waals surface area contributed by atoms with Crippen LogP contribution in [0.3, 0.4) is 0 Å². The Labute approximate surface area is 136 Å². The molecule has 1 aromatic carbocycles. The van der Waals surface area contributed by atoms with Crippen LogP contribution in [0.2, 0.25) is 0 Å². The molecule has 1 aromatic heterocycles. The molecule has 0 radical (unpaired) electrons. The molecule has 24 heavy (non-hydrogen) atoms. The van der Waals surface area contributed by atoms with Crippen LogP contribution >= 0.6 is 0 Å². The number of para-hydroxylation sites is 1. The molecule has 0 unspecified atom stereocenters. The molecule has 1 aliphatic heterocycles. The molecule has 3 rings (SSSR count). The number of ether oxygens (including phenoxy) is 1. The number of terminal acetylenes is 1. The van der Waals surface area contributed by atoms with Gasteiger partial charge in [0.25, 0.3) is 11.8 Å². The zero-order valence-electron chi connectivity index (χ0n) is 12.3. The standard InChI is InChI=1S/C17H11N3O4/c1-2-8-24-13-5-3-4-11-10(6-7-18-14(11)13)9-12-15(21)19-17(23)20-16(12)22/h1,3-7,9H,8H2,(H2,19,20,21,22,23). The van der Waals surface area contributed by atoms with Crippen molar-refractivity contribution in [2.75, 3.05) is 6.61 Å². The molecular formula is C17H11N3O4.